The van der Waals surface area contributed by atoms with Crippen LogP contribution in [-0.4, -0.2) is 35.1 Å². The maximum atomic E-state index is 12.9. The summed E-state index contributed by atoms with van der Waals surface area (Å²) in [5, 5.41) is 4.17. The van der Waals surface area contributed by atoms with E-state index in [2.05, 4.69) is 5.10 Å². The van der Waals surface area contributed by atoms with Crippen LogP contribution in [0.15, 0.2) is 30.5 Å². The zero-order valence-electron chi connectivity index (χ0n) is 11.6. The highest BCUT2D eigenvalue weighted by molar-refractivity contribution is 5.90. The third kappa shape index (κ3) is 2.80. The molecule has 6 heteroatoms. The van der Waals surface area contributed by atoms with E-state index in [0.717, 1.165) is 6.42 Å². The van der Waals surface area contributed by atoms with Gasteiger partial charge in [0.15, 0.2) is 0 Å². The molecular formula is C15H15FN2O3. The molecule has 1 aliphatic rings. The second-order valence-corrected chi connectivity index (χ2v) is 4.92. The largest absolute Gasteiger partial charge is 0.456 e. The predicted octanol–water partition coefficient (Wildman–Crippen LogP) is 2.27. The number of rotatable bonds is 3. The number of halogens is 1. The van der Waals surface area contributed by atoms with Crippen molar-refractivity contribution < 1.29 is 18.7 Å². The van der Waals surface area contributed by atoms with Crippen molar-refractivity contribution in [2.45, 2.75) is 19.4 Å². The van der Waals surface area contributed by atoms with Gasteiger partial charge in [-0.3, -0.25) is 0 Å². The Kier molecular flexibility index (Phi) is 3.70. The number of hydrogen-bond acceptors (Lipinski definition) is 4. The Bertz CT molecular complexity index is 645. The number of nitrogens with zero attached hydrogens (tertiary/aromatic N) is 2. The Hall–Kier alpha value is -2.21. The quantitative estimate of drug-likeness (QED) is 0.814. The standard InChI is InChI=1S/C15H15FN2O3/c1-10-14(15(19)21-13-6-7-20-9-13)8-17-18(10)12-4-2-11(16)3-5-12/h2-5,8,13H,6-7,9H2,1H3. The van der Waals surface area contributed by atoms with Crippen LogP contribution in [-0.2, 0) is 9.47 Å². The lowest BCUT2D eigenvalue weighted by atomic mass is 10.2. The number of benzene rings is 1. The molecule has 0 spiro atoms. The fourth-order valence-corrected chi connectivity index (χ4v) is 2.27. The van der Waals surface area contributed by atoms with Gasteiger partial charge in [0.05, 0.1) is 30.8 Å². The van der Waals surface area contributed by atoms with Gasteiger partial charge in [0.1, 0.15) is 17.5 Å². The van der Waals surface area contributed by atoms with Crippen molar-refractivity contribution in [3.05, 3.63) is 47.5 Å². The van der Waals surface area contributed by atoms with Crippen LogP contribution in [0.4, 0.5) is 4.39 Å². The van der Waals surface area contributed by atoms with Gasteiger partial charge in [-0.05, 0) is 31.2 Å². The molecule has 0 radical (unpaired) electrons. The average Bonchev–Trinajstić information content (AvgIpc) is 3.09. The second kappa shape index (κ2) is 5.65. The molecule has 1 atom stereocenters. The van der Waals surface area contributed by atoms with E-state index in [1.165, 1.54) is 18.3 Å². The molecule has 0 bridgehead atoms. The number of carbonyl (C=O) groups is 1. The minimum Gasteiger partial charge on any atom is -0.456 e. The Labute approximate surface area is 121 Å². The van der Waals surface area contributed by atoms with Crippen molar-refractivity contribution in [2.24, 2.45) is 0 Å². The fraction of sp³-hybridized carbons (Fsp3) is 0.333. The Morgan fingerprint density at radius 3 is 2.86 bits per heavy atom. The Morgan fingerprint density at radius 1 is 1.43 bits per heavy atom. The normalized spacial score (nSPS) is 17.9. The van der Waals surface area contributed by atoms with E-state index in [-0.39, 0.29) is 11.9 Å². The zero-order chi connectivity index (χ0) is 14.8. The SMILES string of the molecule is Cc1c(C(=O)OC2CCOC2)cnn1-c1ccc(F)cc1. The van der Waals surface area contributed by atoms with E-state index in [1.54, 1.807) is 23.7 Å². The molecule has 21 heavy (non-hydrogen) atoms. The van der Waals surface area contributed by atoms with E-state index in [0.29, 0.717) is 30.2 Å². The topological polar surface area (TPSA) is 53.4 Å². The molecule has 1 unspecified atom stereocenters. The van der Waals surface area contributed by atoms with Crippen molar-refractivity contribution in [1.29, 1.82) is 0 Å². The van der Waals surface area contributed by atoms with E-state index in [4.69, 9.17) is 9.47 Å². The van der Waals surface area contributed by atoms with E-state index in [1.807, 2.05) is 0 Å². The third-order valence-corrected chi connectivity index (χ3v) is 3.46. The maximum Gasteiger partial charge on any atom is 0.341 e. The van der Waals surface area contributed by atoms with Crippen LogP contribution in [0.2, 0.25) is 0 Å². The number of hydrogen-bond donors (Lipinski definition) is 0. The number of esters is 1. The molecule has 2 heterocycles. The summed E-state index contributed by atoms with van der Waals surface area (Å²) in [7, 11) is 0. The summed E-state index contributed by atoms with van der Waals surface area (Å²) in [6.07, 6.45) is 2.00. The van der Waals surface area contributed by atoms with Crippen molar-refractivity contribution >= 4 is 5.97 Å². The van der Waals surface area contributed by atoms with Crippen LogP contribution < -0.4 is 0 Å². The van der Waals surface area contributed by atoms with Crippen LogP contribution >= 0.6 is 0 Å². The van der Waals surface area contributed by atoms with Gasteiger partial charge in [0, 0.05) is 6.42 Å². The first-order valence-corrected chi connectivity index (χ1v) is 6.74. The van der Waals surface area contributed by atoms with E-state index < -0.39 is 5.97 Å². The van der Waals surface area contributed by atoms with E-state index >= 15 is 0 Å². The van der Waals surface area contributed by atoms with Gasteiger partial charge in [-0.1, -0.05) is 0 Å². The average molecular weight is 290 g/mol. The molecule has 0 saturated carbocycles. The van der Waals surface area contributed by atoms with E-state index in [9.17, 15) is 9.18 Å². The number of carbonyl (C=O) groups excluding carboxylic acids is 1. The van der Waals surface area contributed by atoms with Gasteiger partial charge in [-0.15, -0.1) is 0 Å². The maximum absolute atomic E-state index is 12.9. The molecule has 1 fully saturated rings. The molecule has 1 saturated heterocycles. The highest BCUT2D eigenvalue weighted by Gasteiger charge is 2.23. The monoisotopic (exact) mass is 290 g/mol. The zero-order valence-corrected chi connectivity index (χ0v) is 11.6. The molecule has 1 aliphatic heterocycles. The first kappa shape index (κ1) is 13.8. The minimum atomic E-state index is -0.406. The fourth-order valence-electron chi connectivity index (χ4n) is 2.27. The molecule has 1 aromatic heterocycles. The Morgan fingerprint density at radius 2 is 2.19 bits per heavy atom. The summed E-state index contributed by atoms with van der Waals surface area (Å²) in [6, 6.07) is 5.92. The number of ether oxygens (including phenoxy) is 2. The molecular weight excluding hydrogens is 275 g/mol. The van der Waals surface area contributed by atoms with Gasteiger partial charge >= 0.3 is 5.97 Å². The van der Waals surface area contributed by atoms with Crippen molar-refractivity contribution in [3.8, 4) is 5.69 Å². The highest BCUT2D eigenvalue weighted by atomic mass is 19.1. The second-order valence-electron chi connectivity index (χ2n) is 4.92. The predicted molar refractivity (Wildman–Crippen MR) is 72.9 cm³/mol. The van der Waals surface area contributed by atoms with Crippen LogP contribution in [0.3, 0.4) is 0 Å². The molecule has 0 aliphatic carbocycles. The van der Waals surface area contributed by atoms with Gasteiger partial charge in [0.2, 0.25) is 0 Å². The van der Waals surface area contributed by atoms with Crippen LogP contribution in [0, 0.1) is 12.7 Å². The van der Waals surface area contributed by atoms with Gasteiger partial charge < -0.3 is 9.47 Å². The molecule has 5 nitrogen and oxygen atoms in total. The summed E-state index contributed by atoms with van der Waals surface area (Å²) in [5.74, 6) is -0.721. The van der Waals surface area contributed by atoms with Gasteiger partial charge in [0.25, 0.3) is 0 Å². The number of aromatic nitrogens is 2. The molecule has 2 aromatic rings. The summed E-state index contributed by atoms with van der Waals surface area (Å²) in [4.78, 5) is 12.1. The molecule has 1 aromatic carbocycles. The lowest BCUT2D eigenvalue weighted by Gasteiger charge is -2.10. The first-order chi connectivity index (χ1) is 10.1. The lowest BCUT2D eigenvalue weighted by molar-refractivity contribution is 0.0270. The summed E-state index contributed by atoms with van der Waals surface area (Å²) in [6.45, 7) is 2.83. The lowest BCUT2D eigenvalue weighted by Crippen LogP contribution is -2.18. The van der Waals surface area contributed by atoms with Crippen molar-refractivity contribution in [2.75, 3.05) is 13.2 Å². The van der Waals surface area contributed by atoms with Crippen LogP contribution in [0.1, 0.15) is 22.5 Å². The van der Waals surface area contributed by atoms with Gasteiger partial charge in [-0.2, -0.15) is 5.10 Å². The molecule has 0 N–H and O–H groups in total. The molecule has 0 amide bonds. The van der Waals surface area contributed by atoms with Crippen LogP contribution in [0.5, 0.6) is 0 Å². The smallest absolute Gasteiger partial charge is 0.341 e. The summed E-state index contributed by atoms with van der Waals surface area (Å²) >= 11 is 0. The molecule has 110 valence electrons. The Balaban J connectivity index is 1.81. The van der Waals surface area contributed by atoms with Gasteiger partial charge in [-0.25, -0.2) is 13.9 Å². The third-order valence-electron chi connectivity index (χ3n) is 3.46. The van der Waals surface area contributed by atoms with Crippen molar-refractivity contribution in [3.63, 3.8) is 0 Å². The minimum absolute atomic E-state index is 0.189. The highest BCUT2D eigenvalue weighted by Crippen LogP contribution is 2.17. The molecule has 3 rings (SSSR count). The van der Waals surface area contributed by atoms with Crippen LogP contribution in [0.25, 0.3) is 5.69 Å². The summed E-state index contributed by atoms with van der Waals surface area (Å²) in [5.41, 5.74) is 1.76. The first-order valence-electron chi connectivity index (χ1n) is 6.74. The summed E-state index contributed by atoms with van der Waals surface area (Å²) < 4.78 is 25.1. The van der Waals surface area contributed by atoms with Crippen molar-refractivity contribution in [1.82, 2.24) is 9.78 Å².